The van der Waals surface area contributed by atoms with Crippen molar-refractivity contribution < 1.29 is 19.1 Å². The SMILES string of the molecule is CC(C)(C)OC(=O)NCCN1CCC(OC(=O)Nc2ccccc2Br)CC1. The highest BCUT2D eigenvalue weighted by atomic mass is 79.9. The van der Waals surface area contributed by atoms with Gasteiger partial charge >= 0.3 is 12.2 Å². The van der Waals surface area contributed by atoms with Gasteiger partial charge in [-0.2, -0.15) is 0 Å². The van der Waals surface area contributed by atoms with E-state index in [1.54, 1.807) is 0 Å². The number of rotatable bonds is 5. The number of ether oxygens (including phenoxy) is 2. The molecule has 1 aromatic rings. The lowest BCUT2D eigenvalue weighted by molar-refractivity contribution is 0.0481. The van der Waals surface area contributed by atoms with Gasteiger partial charge in [-0.3, -0.25) is 5.32 Å². The molecule has 0 radical (unpaired) electrons. The number of amides is 2. The molecule has 7 nitrogen and oxygen atoms in total. The van der Waals surface area contributed by atoms with Crippen LogP contribution in [-0.2, 0) is 9.47 Å². The van der Waals surface area contributed by atoms with Gasteiger partial charge in [0, 0.05) is 30.7 Å². The Morgan fingerprint density at radius 2 is 1.85 bits per heavy atom. The lowest BCUT2D eigenvalue weighted by Gasteiger charge is -2.31. The second-order valence-electron chi connectivity index (χ2n) is 7.48. The van der Waals surface area contributed by atoms with E-state index in [-0.39, 0.29) is 6.10 Å². The topological polar surface area (TPSA) is 79.9 Å². The molecule has 0 atom stereocenters. The van der Waals surface area contributed by atoms with Crippen molar-refractivity contribution >= 4 is 33.8 Å². The van der Waals surface area contributed by atoms with E-state index in [9.17, 15) is 9.59 Å². The molecule has 1 aliphatic heterocycles. The quantitative estimate of drug-likeness (QED) is 0.721. The van der Waals surface area contributed by atoms with Gasteiger partial charge in [0.25, 0.3) is 0 Å². The van der Waals surface area contributed by atoms with E-state index < -0.39 is 17.8 Å². The second kappa shape index (κ2) is 9.94. The number of carbonyl (C=O) groups excluding carboxylic acids is 2. The van der Waals surface area contributed by atoms with E-state index >= 15 is 0 Å². The number of nitrogens with one attached hydrogen (secondary N) is 2. The third-order valence-corrected chi connectivity index (χ3v) is 4.71. The summed E-state index contributed by atoms with van der Waals surface area (Å²) in [6.07, 6.45) is 0.616. The van der Waals surface area contributed by atoms with Crippen molar-refractivity contribution in [3.05, 3.63) is 28.7 Å². The number of halogens is 1. The molecule has 0 unspecified atom stereocenters. The van der Waals surface area contributed by atoms with Crippen molar-refractivity contribution in [2.75, 3.05) is 31.5 Å². The molecule has 0 spiro atoms. The average molecular weight is 442 g/mol. The molecule has 27 heavy (non-hydrogen) atoms. The highest BCUT2D eigenvalue weighted by molar-refractivity contribution is 9.10. The van der Waals surface area contributed by atoms with Crippen LogP contribution in [-0.4, -0.2) is 55.0 Å². The van der Waals surface area contributed by atoms with Gasteiger partial charge < -0.3 is 19.7 Å². The first kappa shape index (κ1) is 21.5. The van der Waals surface area contributed by atoms with Gasteiger partial charge in [0.2, 0.25) is 0 Å². The van der Waals surface area contributed by atoms with E-state index in [1.165, 1.54) is 0 Å². The Balaban J connectivity index is 1.63. The fraction of sp³-hybridized carbons (Fsp3) is 0.579. The molecule has 150 valence electrons. The largest absolute Gasteiger partial charge is 0.446 e. The maximum Gasteiger partial charge on any atom is 0.411 e. The summed E-state index contributed by atoms with van der Waals surface area (Å²) < 4.78 is 11.5. The Morgan fingerprint density at radius 1 is 1.19 bits per heavy atom. The van der Waals surface area contributed by atoms with Gasteiger partial charge in [-0.25, -0.2) is 9.59 Å². The van der Waals surface area contributed by atoms with Gasteiger partial charge in [-0.15, -0.1) is 0 Å². The molecule has 1 aromatic carbocycles. The minimum atomic E-state index is -0.490. The number of hydrogen-bond donors (Lipinski definition) is 2. The van der Waals surface area contributed by atoms with Crippen LogP contribution < -0.4 is 10.6 Å². The predicted molar refractivity (Wildman–Crippen MR) is 108 cm³/mol. The van der Waals surface area contributed by atoms with Crippen LogP contribution in [0.25, 0.3) is 0 Å². The number of benzene rings is 1. The molecule has 2 rings (SSSR count). The zero-order valence-corrected chi connectivity index (χ0v) is 17.7. The third kappa shape index (κ3) is 8.17. The molecule has 1 heterocycles. The molecule has 1 fully saturated rings. The maximum atomic E-state index is 12.0. The summed E-state index contributed by atoms with van der Waals surface area (Å²) in [6, 6.07) is 7.41. The van der Waals surface area contributed by atoms with Gasteiger partial charge in [-0.1, -0.05) is 12.1 Å². The van der Waals surface area contributed by atoms with Crippen LogP contribution in [0, 0.1) is 0 Å². The van der Waals surface area contributed by atoms with Crippen molar-refractivity contribution in [3.63, 3.8) is 0 Å². The monoisotopic (exact) mass is 441 g/mol. The van der Waals surface area contributed by atoms with Gasteiger partial charge in [0.1, 0.15) is 11.7 Å². The summed E-state index contributed by atoms with van der Waals surface area (Å²) in [5.41, 5.74) is 0.198. The fourth-order valence-corrected chi connectivity index (χ4v) is 3.12. The van der Waals surface area contributed by atoms with Crippen molar-refractivity contribution in [2.24, 2.45) is 0 Å². The Kier molecular flexibility index (Phi) is 7.91. The van der Waals surface area contributed by atoms with Crippen molar-refractivity contribution in [3.8, 4) is 0 Å². The van der Waals surface area contributed by atoms with Crippen LogP contribution in [0.2, 0.25) is 0 Å². The van der Waals surface area contributed by atoms with Gasteiger partial charge in [0.05, 0.1) is 5.69 Å². The Hall–Kier alpha value is -1.80. The summed E-state index contributed by atoms with van der Waals surface area (Å²) in [6.45, 7) is 8.43. The predicted octanol–water partition coefficient (Wildman–Crippen LogP) is 3.99. The Bertz CT molecular complexity index is 640. The first-order valence-electron chi connectivity index (χ1n) is 9.14. The van der Waals surface area contributed by atoms with E-state index in [4.69, 9.17) is 9.47 Å². The molecule has 1 aliphatic rings. The number of hydrogen-bond acceptors (Lipinski definition) is 5. The number of carbonyl (C=O) groups is 2. The number of para-hydroxylation sites is 1. The zero-order chi connectivity index (χ0) is 19.9. The van der Waals surface area contributed by atoms with Crippen molar-refractivity contribution in [1.82, 2.24) is 10.2 Å². The molecule has 0 aliphatic carbocycles. The third-order valence-electron chi connectivity index (χ3n) is 4.02. The van der Waals surface area contributed by atoms with Gasteiger partial charge in [-0.05, 0) is 61.7 Å². The number of alkyl carbamates (subject to hydrolysis) is 1. The normalized spacial score (nSPS) is 15.9. The molecule has 1 saturated heterocycles. The van der Waals surface area contributed by atoms with Crippen LogP contribution in [0.3, 0.4) is 0 Å². The summed E-state index contributed by atoms with van der Waals surface area (Å²) in [5, 5.41) is 5.51. The van der Waals surface area contributed by atoms with Crippen LogP contribution in [0.4, 0.5) is 15.3 Å². The molecular weight excluding hydrogens is 414 g/mol. The highest BCUT2D eigenvalue weighted by Gasteiger charge is 2.23. The van der Waals surface area contributed by atoms with Crippen LogP contribution >= 0.6 is 15.9 Å². The van der Waals surface area contributed by atoms with Crippen LogP contribution in [0.15, 0.2) is 28.7 Å². The summed E-state index contributed by atoms with van der Waals surface area (Å²) in [7, 11) is 0. The van der Waals surface area contributed by atoms with E-state index in [0.717, 1.165) is 36.9 Å². The summed E-state index contributed by atoms with van der Waals surface area (Å²) in [4.78, 5) is 25.9. The molecule has 2 amide bonds. The lowest BCUT2D eigenvalue weighted by atomic mass is 10.1. The molecule has 0 bridgehead atoms. The zero-order valence-electron chi connectivity index (χ0n) is 16.1. The van der Waals surface area contributed by atoms with Crippen molar-refractivity contribution in [1.29, 1.82) is 0 Å². The van der Waals surface area contributed by atoms with Crippen LogP contribution in [0.5, 0.6) is 0 Å². The van der Waals surface area contributed by atoms with E-state index in [1.807, 2.05) is 45.0 Å². The fourth-order valence-electron chi connectivity index (χ4n) is 2.73. The first-order chi connectivity index (χ1) is 12.7. The highest BCUT2D eigenvalue weighted by Crippen LogP contribution is 2.22. The lowest BCUT2D eigenvalue weighted by Crippen LogP contribution is -2.43. The molecule has 0 aromatic heterocycles. The first-order valence-corrected chi connectivity index (χ1v) is 9.93. The minimum absolute atomic E-state index is 0.0949. The number of nitrogens with zero attached hydrogens (tertiary/aromatic N) is 1. The Labute approximate surface area is 168 Å². The summed E-state index contributed by atoms with van der Waals surface area (Å²) >= 11 is 3.39. The van der Waals surface area contributed by atoms with Gasteiger partial charge in [0.15, 0.2) is 0 Å². The average Bonchev–Trinajstić information content (AvgIpc) is 2.57. The molecule has 2 N–H and O–H groups in total. The minimum Gasteiger partial charge on any atom is -0.446 e. The summed E-state index contributed by atoms with van der Waals surface area (Å²) in [5.74, 6) is 0. The van der Waals surface area contributed by atoms with Crippen molar-refractivity contribution in [2.45, 2.75) is 45.3 Å². The number of likely N-dealkylation sites (tertiary alicyclic amines) is 1. The number of anilines is 1. The molecule has 8 heteroatoms. The van der Waals surface area contributed by atoms with E-state index in [2.05, 4.69) is 31.5 Å². The second-order valence-corrected chi connectivity index (χ2v) is 8.33. The smallest absolute Gasteiger partial charge is 0.411 e. The molecule has 0 saturated carbocycles. The molecular formula is C19H28BrN3O4. The number of piperidine rings is 1. The maximum absolute atomic E-state index is 12.0. The van der Waals surface area contributed by atoms with Crippen LogP contribution in [0.1, 0.15) is 33.6 Å². The van der Waals surface area contributed by atoms with E-state index in [0.29, 0.717) is 12.2 Å². The standard InChI is InChI=1S/C19H28BrN3O4/c1-19(2,3)27-17(24)21-10-13-23-11-8-14(9-12-23)26-18(25)22-16-7-5-4-6-15(16)20/h4-7,14H,8-13H2,1-3H3,(H,21,24)(H,22,25). The Morgan fingerprint density at radius 3 is 2.48 bits per heavy atom.